The van der Waals surface area contributed by atoms with Crippen LogP contribution in [0.1, 0.15) is 138 Å². The third kappa shape index (κ3) is 5.57. The summed E-state index contributed by atoms with van der Waals surface area (Å²) >= 11 is 0. The zero-order chi connectivity index (χ0) is 25.2. The first-order valence-corrected chi connectivity index (χ1v) is 15.6. The molecule has 0 aromatic carbocycles. The van der Waals surface area contributed by atoms with Gasteiger partial charge in [-0.3, -0.25) is 4.79 Å². The van der Waals surface area contributed by atoms with Crippen LogP contribution in [0, 0.1) is 46.3 Å². The molecule has 4 aliphatic carbocycles. The van der Waals surface area contributed by atoms with Gasteiger partial charge in [0.05, 0.1) is 0 Å². The van der Waals surface area contributed by atoms with Crippen LogP contribution in [0.15, 0.2) is 11.6 Å². The molecule has 0 bridgehead atoms. The molecule has 8 atom stereocenters. The number of ether oxygens (including phenoxy) is 1. The average Bonchev–Trinajstić information content (AvgIpc) is 3.16. The lowest BCUT2D eigenvalue weighted by atomic mass is 9.47. The Morgan fingerprint density at radius 2 is 1.80 bits per heavy atom. The first kappa shape index (κ1) is 27.3. The zero-order valence-corrected chi connectivity index (χ0v) is 24.0. The van der Waals surface area contributed by atoms with Gasteiger partial charge < -0.3 is 4.74 Å². The molecule has 0 radical (unpaired) electrons. The first-order chi connectivity index (χ1) is 16.7. The monoisotopic (exact) mass is 484 g/mol. The Balaban J connectivity index is 1.39. The molecule has 0 aromatic heterocycles. The maximum absolute atomic E-state index is 12.4. The minimum Gasteiger partial charge on any atom is -0.462 e. The van der Waals surface area contributed by atoms with Gasteiger partial charge in [0.25, 0.3) is 0 Å². The van der Waals surface area contributed by atoms with Gasteiger partial charge in [0, 0.05) is 12.8 Å². The molecular weight excluding hydrogens is 428 g/mol. The van der Waals surface area contributed by atoms with E-state index in [4.69, 9.17) is 4.74 Å². The topological polar surface area (TPSA) is 26.3 Å². The van der Waals surface area contributed by atoms with Crippen LogP contribution in [0.2, 0.25) is 0 Å². The number of unbranched alkanes of at least 4 members (excludes halogenated alkanes) is 2. The Hall–Kier alpha value is -0.790. The number of carbonyl (C=O) groups is 1. The predicted octanol–water partition coefficient (Wildman–Crippen LogP) is 9.52. The van der Waals surface area contributed by atoms with E-state index in [1.54, 1.807) is 5.57 Å². The lowest BCUT2D eigenvalue weighted by molar-refractivity contribution is -0.151. The van der Waals surface area contributed by atoms with Crippen LogP contribution in [-0.4, -0.2) is 12.1 Å². The van der Waals surface area contributed by atoms with Crippen molar-refractivity contribution in [1.29, 1.82) is 0 Å². The van der Waals surface area contributed by atoms with E-state index < -0.39 is 0 Å². The van der Waals surface area contributed by atoms with E-state index in [1.807, 2.05) is 0 Å². The van der Waals surface area contributed by atoms with E-state index in [0.29, 0.717) is 17.3 Å². The Bertz CT molecular complexity index is 752. The van der Waals surface area contributed by atoms with E-state index in [0.717, 1.165) is 67.6 Å². The SMILES string of the molecule is CCCCCC(=O)OC1CC[C@@]2(C)C(=CCC3C2CC[C@@]2(C)C3CC[C@@H]2[C@H](C)CCCC(C)C)C1. The molecule has 4 unspecified atom stereocenters. The van der Waals surface area contributed by atoms with Gasteiger partial charge in [-0.05, 0) is 97.7 Å². The van der Waals surface area contributed by atoms with Gasteiger partial charge in [-0.2, -0.15) is 0 Å². The minimum absolute atomic E-state index is 0.0364. The van der Waals surface area contributed by atoms with Crippen LogP contribution in [0.25, 0.3) is 0 Å². The van der Waals surface area contributed by atoms with Gasteiger partial charge in [0.1, 0.15) is 6.10 Å². The van der Waals surface area contributed by atoms with E-state index in [2.05, 4.69) is 47.6 Å². The summed E-state index contributed by atoms with van der Waals surface area (Å²) in [5.74, 6) is 5.33. The first-order valence-electron chi connectivity index (χ1n) is 15.6. The fraction of sp³-hybridized carbons (Fsp3) is 0.909. The Morgan fingerprint density at radius 3 is 2.54 bits per heavy atom. The molecule has 0 heterocycles. The van der Waals surface area contributed by atoms with Crippen LogP contribution in [-0.2, 0) is 9.53 Å². The molecule has 0 saturated heterocycles. The van der Waals surface area contributed by atoms with Crippen molar-refractivity contribution >= 4 is 5.97 Å². The summed E-state index contributed by atoms with van der Waals surface area (Å²) in [5, 5.41) is 0. The molecule has 4 aliphatic rings. The minimum atomic E-state index is 0.0364. The van der Waals surface area contributed by atoms with Crippen molar-refractivity contribution in [3.05, 3.63) is 11.6 Å². The molecule has 3 fully saturated rings. The second kappa shape index (κ2) is 11.3. The van der Waals surface area contributed by atoms with Crippen molar-refractivity contribution in [3.8, 4) is 0 Å². The summed E-state index contributed by atoms with van der Waals surface area (Å²) in [6, 6.07) is 0. The quantitative estimate of drug-likeness (QED) is 0.175. The second-order valence-electron chi connectivity index (χ2n) is 14.1. The Morgan fingerprint density at radius 1 is 1.00 bits per heavy atom. The molecule has 2 heteroatoms. The third-order valence-corrected chi connectivity index (χ3v) is 11.5. The predicted molar refractivity (Wildman–Crippen MR) is 147 cm³/mol. The molecular formula is C33H56O2. The summed E-state index contributed by atoms with van der Waals surface area (Å²) in [4.78, 5) is 12.4. The molecule has 3 saturated carbocycles. The van der Waals surface area contributed by atoms with E-state index in [-0.39, 0.29) is 12.1 Å². The average molecular weight is 485 g/mol. The molecule has 0 spiro atoms. The number of esters is 1. The lowest BCUT2D eigenvalue weighted by Gasteiger charge is -2.58. The van der Waals surface area contributed by atoms with Crippen molar-refractivity contribution in [1.82, 2.24) is 0 Å². The maximum atomic E-state index is 12.4. The van der Waals surface area contributed by atoms with Crippen LogP contribution in [0.4, 0.5) is 0 Å². The normalized spacial score (nSPS) is 39.4. The summed E-state index contributed by atoms with van der Waals surface area (Å²) in [6.07, 6.45) is 21.2. The molecule has 0 aromatic rings. The standard InChI is InChI=1S/C33H56O2/c1-7-8-9-13-31(34)35-26-18-20-32(5)25(22-26)14-15-27-29-17-16-28(24(4)12-10-11-23(2)3)33(29,6)21-19-30(27)32/h14,23-24,26-30H,7-13,15-22H2,1-6H3/t24-,26?,27?,28-,29?,30?,32+,33-/m1/s1. The second-order valence-corrected chi connectivity index (χ2v) is 14.1. The number of hydrogen-bond donors (Lipinski definition) is 0. The highest BCUT2D eigenvalue weighted by atomic mass is 16.5. The van der Waals surface area contributed by atoms with Gasteiger partial charge >= 0.3 is 5.97 Å². The van der Waals surface area contributed by atoms with Crippen molar-refractivity contribution in [2.45, 2.75) is 144 Å². The number of fused-ring (bicyclic) bond motifs is 5. The van der Waals surface area contributed by atoms with Crippen molar-refractivity contribution in [3.63, 3.8) is 0 Å². The summed E-state index contributed by atoms with van der Waals surface area (Å²) in [7, 11) is 0. The van der Waals surface area contributed by atoms with Crippen molar-refractivity contribution in [2.75, 3.05) is 0 Å². The van der Waals surface area contributed by atoms with E-state index >= 15 is 0 Å². The largest absolute Gasteiger partial charge is 0.462 e. The van der Waals surface area contributed by atoms with Crippen LogP contribution in [0.3, 0.4) is 0 Å². The number of hydrogen-bond acceptors (Lipinski definition) is 2. The van der Waals surface area contributed by atoms with Gasteiger partial charge in [0.15, 0.2) is 0 Å². The van der Waals surface area contributed by atoms with Crippen LogP contribution >= 0.6 is 0 Å². The molecule has 0 N–H and O–H groups in total. The smallest absolute Gasteiger partial charge is 0.306 e. The summed E-state index contributed by atoms with van der Waals surface area (Å²) in [5.41, 5.74) is 2.54. The Kier molecular flexibility index (Phi) is 8.80. The van der Waals surface area contributed by atoms with Crippen LogP contribution < -0.4 is 0 Å². The molecule has 2 nitrogen and oxygen atoms in total. The van der Waals surface area contributed by atoms with E-state index in [1.165, 1.54) is 57.8 Å². The highest BCUT2D eigenvalue weighted by Gasteiger charge is 2.59. The van der Waals surface area contributed by atoms with Crippen LogP contribution in [0.5, 0.6) is 0 Å². The highest BCUT2D eigenvalue weighted by Crippen LogP contribution is 2.67. The summed E-state index contributed by atoms with van der Waals surface area (Å²) < 4.78 is 5.96. The summed E-state index contributed by atoms with van der Waals surface area (Å²) in [6.45, 7) is 14.8. The Labute approximate surface area is 217 Å². The van der Waals surface area contributed by atoms with Gasteiger partial charge in [-0.1, -0.05) is 85.3 Å². The number of allylic oxidation sites excluding steroid dienone is 1. The maximum Gasteiger partial charge on any atom is 0.306 e. The number of carbonyl (C=O) groups excluding carboxylic acids is 1. The molecule has 35 heavy (non-hydrogen) atoms. The van der Waals surface area contributed by atoms with Crippen molar-refractivity contribution in [2.24, 2.45) is 46.3 Å². The van der Waals surface area contributed by atoms with Gasteiger partial charge in [0.2, 0.25) is 0 Å². The molecule has 0 amide bonds. The van der Waals surface area contributed by atoms with Crippen molar-refractivity contribution < 1.29 is 9.53 Å². The van der Waals surface area contributed by atoms with Gasteiger partial charge in [-0.15, -0.1) is 0 Å². The van der Waals surface area contributed by atoms with Gasteiger partial charge in [-0.25, -0.2) is 0 Å². The third-order valence-electron chi connectivity index (χ3n) is 11.5. The number of rotatable bonds is 10. The zero-order valence-electron chi connectivity index (χ0n) is 24.0. The fourth-order valence-electron chi connectivity index (χ4n) is 9.52. The van der Waals surface area contributed by atoms with E-state index in [9.17, 15) is 4.79 Å². The highest BCUT2D eigenvalue weighted by molar-refractivity contribution is 5.69. The fourth-order valence-corrected chi connectivity index (χ4v) is 9.52. The molecule has 0 aliphatic heterocycles. The molecule has 4 rings (SSSR count). The lowest BCUT2D eigenvalue weighted by Crippen LogP contribution is -2.51. The molecule has 200 valence electrons.